The predicted molar refractivity (Wildman–Crippen MR) is 106 cm³/mol. The Morgan fingerprint density at radius 2 is 2.00 bits per heavy atom. The van der Waals surface area contributed by atoms with Gasteiger partial charge in [-0.1, -0.05) is 32.0 Å². The Labute approximate surface area is 156 Å². The number of anilines is 1. The van der Waals surface area contributed by atoms with Gasteiger partial charge in [0.15, 0.2) is 0 Å². The molecule has 0 radical (unpaired) electrons. The molecule has 2 fully saturated rings. The fourth-order valence-electron chi connectivity index (χ4n) is 4.06. The van der Waals surface area contributed by atoms with E-state index >= 15 is 0 Å². The number of nitrogens with zero attached hydrogens (tertiary/aromatic N) is 3. The third kappa shape index (κ3) is 3.42. The molecule has 1 aliphatic carbocycles. The molecular weight excluding hydrogens is 322 g/mol. The molecule has 26 heavy (non-hydrogen) atoms. The number of hydrogen-bond donors (Lipinski definition) is 0. The number of aryl methyl sites for hydroxylation is 1. The summed E-state index contributed by atoms with van der Waals surface area (Å²) in [7, 11) is 0. The van der Waals surface area contributed by atoms with E-state index in [1.54, 1.807) is 0 Å². The van der Waals surface area contributed by atoms with Crippen molar-refractivity contribution >= 4 is 22.6 Å². The minimum atomic E-state index is 0.263. The normalized spacial score (nSPS) is 21.5. The van der Waals surface area contributed by atoms with Gasteiger partial charge in [-0.05, 0) is 49.3 Å². The number of fused-ring (bicyclic) bond motifs is 1. The minimum Gasteiger partial charge on any atom is -0.354 e. The maximum absolute atomic E-state index is 12.8. The summed E-state index contributed by atoms with van der Waals surface area (Å²) in [4.78, 5) is 22.2. The second-order valence-electron chi connectivity index (χ2n) is 8.31. The molecule has 1 aromatic heterocycles. The number of benzene rings is 1. The van der Waals surface area contributed by atoms with E-state index in [9.17, 15) is 4.79 Å². The molecule has 4 heteroatoms. The van der Waals surface area contributed by atoms with Crippen molar-refractivity contribution in [2.75, 3.05) is 24.5 Å². The van der Waals surface area contributed by atoms with Gasteiger partial charge >= 0.3 is 0 Å². The SMILES string of the molecule is Cc1cc(N2CCC(=O)N(CC3CC3)[C@@H](C(C)C)C2)nc2ccccc12. The molecule has 1 amide bonds. The first-order valence-corrected chi connectivity index (χ1v) is 9.93. The van der Waals surface area contributed by atoms with Gasteiger partial charge in [-0.2, -0.15) is 0 Å². The molecule has 4 rings (SSSR count). The monoisotopic (exact) mass is 351 g/mol. The third-order valence-corrected chi connectivity index (χ3v) is 5.88. The molecule has 2 aromatic rings. The van der Waals surface area contributed by atoms with Gasteiger partial charge in [-0.3, -0.25) is 4.79 Å². The van der Waals surface area contributed by atoms with Gasteiger partial charge in [0.05, 0.1) is 11.6 Å². The molecule has 1 saturated carbocycles. The fraction of sp³-hybridized carbons (Fsp3) is 0.545. The number of pyridine rings is 1. The first-order valence-electron chi connectivity index (χ1n) is 9.93. The zero-order valence-electron chi connectivity index (χ0n) is 16.1. The van der Waals surface area contributed by atoms with Crippen molar-refractivity contribution in [3.05, 3.63) is 35.9 Å². The largest absolute Gasteiger partial charge is 0.354 e. The standard InChI is InChI=1S/C22H29N3O/c1-15(2)20-14-24(11-10-22(26)25(20)13-17-8-9-17)21-12-16(3)18-6-4-5-7-19(18)23-21/h4-7,12,15,17,20H,8-11,13-14H2,1-3H3/t20-/m1/s1. The Morgan fingerprint density at radius 3 is 2.73 bits per heavy atom. The summed E-state index contributed by atoms with van der Waals surface area (Å²) >= 11 is 0. The van der Waals surface area contributed by atoms with Crippen LogP contribution in [0.2, 0.25) is 0 Å². The molecule has 2 aliphatic rings. The number of amides is 1. The van der Waals surface area contributed by atoms with Crippen molar-refractivity contribution in [1.29, 1.82) is 0 Å². The number of hydrogen-bond acceptors (Lipinski definition) is 3. The van der Waals surface area contributed by atoms with Crippen molar-refractivity contribution in [3.63, 3.8) is 0 Å². The lowest BCUT2D eigenvalue weighted by Gasteiger charge is -2.35. The number of para-hydroxylation sites is 1. The molecule has 0 bridgehead atoms. The summed E-state index contributed by atoms with van der Waals surface area (Å²) < 4.78 is 0. The van der Waals surface area contributed by atoms with E-state index in [1.165, 1.54) is 23.8 Å². The van der Waals surface area contributed by atoms with E-state index in [2.05, 4.69) is 54.8 Å². The minimum absolute atomic E-state index is 0.263. The van der Waals surface area contributed by atoms with E-state index in [1.807, 2.05) is 6.07 Å². The van der Waals surface area contributed by atoms with Crippen LogP contribution < -0.4 is 4.90 Å². The summed E-state index contributed by atoms with van der Waals surface area (Å²) in [6, 6.07) is 10.8. The Balaban J connectivity index is 1.65. The van der Waals surface area contributed by atoms with Crippen LogP contribution in [0.4, 0.5) is 5.82 Å². The Kier molecular flexibility index (Phi) is 4.60. The Morgan fingerprint density at radius 1 is 1.23 bits per heavy atom. The second-order valence-corrected chi connectivity index (χ2v) is 8.31. The summed E-state index contributed by atoms with van der Waals surface area (Å²) in [5.41, 5.74) is 2.28. The molecule has 4 nitrogen and oxygen atoms in total. The fourth-order valence-corrected chi connectivity index (χ4v) is 4.06. The maximum atomic E-state index is 12.8. The number of carbonyl (C=O) groups is 1. The highest BCUT2D eigenvalue weighted by atomic mass is 16.2. The van der Waals surface area contributed by atoms with Gasteiger partial charge < -0.3 is 9.80 Å². The van der Waals surface area contributed by atoms with Crippen molar-refractivity contribution < 1.29 is 4.79 Å². The van der Waals surface area contributed by atoms with E-state index in [0.29, 0.717) is 18.2 Å². The van der Waals surface area contributed by atoms with Crippen LogP contribution in [0.3, 0.4) is 0 Å². The van der Waals surface area contributed by atoms with Gasteiger partial charge in [0.2, 0.25) is 5.91 Å². The number of rotatable bonds is 4. The molecule has 138 valence electrons. The summed E-state index contributed by atoms with van der Waals surface area (Å²) in [6.07, 6.45) is 3.15. The van der Waals surface area contributed by atoms with Gasteiger partial charge in [-0.15, -0.1) is 0 Å². The van der Waals surface area contributed by atoms with Crippen LogP contribution >= 0.6 is 0 Å². The summed E-state index contributed by atoms with van der Waals surface area (Å²) in [5.74, 6) is 2.50. The molecule has 0 spiro atoms. The Hall–Kier alpha value is -2.10. The van der Waals surface area contributed by atoms with Crippen LogP contribution in [0.1, 0.15) is 38.7 Å². The van der Waals surface area contributed by atoms with Crippen LogP contribution in [0, 0.1) is 18.8 Å². The molecule has 0 unspecified atom stereocenters. The highest BCUT2D eigenvalue weighted by Crippen LogP contribution is 2.33. The van der Waals surface area contributed by atoms with Crippen LogP contribution in [-0.2, 0) is 4.79 Å². The van der Waals surface area contributed by atoms with Gasteiger partial charge in [0, 0.05) is 31.4 Å². The first kappa shape index (κ1) is 17.3. The number of carbonyl (C=O) groups excluding carboxylic acids is 1. The quantitative estimate of drug-likeness (QED) is 0.835. The zero-order valence-corrected chi connectivity index (χ0v) is 16.1. The lowest BCUT2D eigenvalue weighted by atomic mass is 10.0. The molecule has 0 N–H and O–H groups in total. The molecule has 1 saturated heterocycles. The van der Waals surface area contributed by atoms with Crippen LogP contribution in [0.25, 0.3) is 10.9 Å². The zero-order chi connectivity index (χ0) is 18.3. The summed E-state index contributed by atoms with van der Waals surface area (Å²) in [5, 5.41) is 1.21. The van der Waals surface area contributed by atoms with Crippen LogP contribution in [0.5, 0.6) is 0 Å². The predicted octanol–water partition coefficient (Wildman–Crippen LogP) is 4.02. The average Bonchev–Trinajstić information content (AvgIpc) is 3.45. The maximum Gasteiger partial charge on any atom is 0.224 e. The first-order chi connectivity index (χ1) is 12.5. The van der Waals surface area contributed by atoms with E-state index in [0.717, 1.165) is 36.9 Å². The average molecular weight is 351 g/mol. The molecular formula is C22H29N3O. The van der Waals surface area contributed by atoms with Gasteiger partial charge in [0.25, 0.3) is 0 Å². The highest BCUT2D eigenvalue weighted by molar-refractivity contribution is 5.84. The van der Waals surface area contributed by atoms with Crippen molar-refractivity contribution in [3.8, 4) is 0 Å². The second kappa shape index (κ2) is 6.90. The van der Waals surface area contributed by atoms with Crippen LogP contribution in [0.15, 0.2) is 30.3 Å². The van der Waals surface area contributed by atoms with Crippen molar-refractivity contribution in [1.82, 2.24) is 9.88 Å². The third-order valence-electron chi connectivity index (χ3n) is 5.88. The molecule has 1 aromatic carbocycles. The lowest BCUT2D eigenvalue weighted by molar-refractivity contribution is -0.133. The molecule has 1 atom stereocenters. The van der Waals surface area contributed by atoms with Crippen LogP contribution in [-0.4, -0.2) is 41.5 Å². The topological polar surface area (TPSA) is 36.4 Å². The Bertz CT molecular complexity index is 812. The van der Waals surface area contributed by atoms with E-state index in [4.69, 9.17) is 4.98 Å². The van der Waals surface area contributed by atoms with Crippen molar-refractivity contribution in [2.45, 2.75) is 46.1 Å². The van der Waals surface area contributed by atoms with Gasteiger partial charge in [-0.25, -0.2) is 4.98 Å². The van der Waals surface area contributed by atoms with E-state index < -0.39 is 0 Å². The molecule has 1 aliphatic heterocycles. The number of aromatic nitrogens is 1. The smallest absolute Gasteiger partial charge is 0.224 e. The summed E-state index contributed by atoms with van der Waals surface area (Å²) in [6.45, 7) is 9.20. The lowest BCUT2D eigenvalue weighted by Crippen LogP contribution is -2.47. The van der Waals surface area contributed by atoms with Gasteiger partial charge in [0.1, 0.15) is 5.82 Å². The highest BCUT2D eigenvalue weighted by Gasteiger charge is 2.35. The van der Waals surface area contributed by atoms with Crippen molar-refractivity contribution in [2.24, 2.45) is 11.8 Å². The van der Waals surface area contributed by atoms with E-state index in [-0.39, 0.29) is 6.04 Å². The molecule has 2 heterocycles.